The van der Waals surface area contributed by atoms with Crippen molar-refractivity contribution < 1.29 is 9.59 Å². The zero-order valence-electron chi connectivity index (χ0n) is 9.23. The van der Waals surface area contributed by atoms with E-state index in [2.05, 4.69) is 0 Å². The Balaban J connectivity index is 2.39. The number of hydrogen-bond donors (Lipinski definition) is 1. The molecule has 0 spiro atoms. The van der Waals surface area contributed by atoms with Gasteiger partial charge >= 0.3 is 0 Å². The van der Waals surface area contributed by atoms with Gasteiger partial charge in [-0.05, 0) is 18.1 Å². The highest BCUT2D eigenvalue weighted by molar-refractivity contribution is 6.29. The summed E-state index contributed by atoms with van der Waals surface area (Å²) in [5.41, 5.74) is 7.11. The predicted molar refractivity (Wildman–Crippen MR) is 65.9 cm³/mol. The van der Waals surface area contributed by atoms with E-state index >= 15 is 0 Å². The quantitative estimate of drug-likeness (QED) is 0.796. The lowest BCUT2D eigenvalue weighted by Crippen LogP contribution is -2.45. The third-order valence-corrected chi connectivity index (χ3v) is 3.20. The van der Waals surface area contributed by atoms with Crippen molar-refractivity contribution in [3.05, 3.63) is 29.8 Å². The van der Waals surface area contributed by atoms with E-state index in [1.165, 1.54) is 0 Å². The standard InChI is InChI=1S/C12H13ClN2O2/c13-6-11(16)15-7-9(12(14)17)5-8-3-1-2-4-10(8)15/h1-4,9H,5-7H2,(H2,14,17). The van der Waals surface area contributed by atoms with Gasteiger partial charge in [0.2, 0.25) is 11.8 Å². The summed E-state index contributed by atoms with van der Waals surface area (Å²) in [4.78, 5) is 24.6. The molecule has 1 aliphatic rings. The van der Waals surface area contributed by atoms with Crippen molar-refractivity contribution in [1.82, 2.24) is 0 Å². The van der Waals surface area contributed by atoms with Crippen LogP contribution in [-0.2, 0) is 16.0 Å². The first-order valence-corrected chi connectivity index (χ1v) is 5.90. The number of para-hydroxylation sites is 1. The maximum absolute atomic E-state index is 11.7. The van der Waals surface area contributed by atoms with Crippen molar-refractivity contribution >= 4 is 29.1 Å². The number of primary amides is 1. The second-order valence-corrected chi connectivity index (χ2v) is 4.34. The summed E-state index contributed by atoms with van der Waals surface area (Å²) in [7, 11) is 0. The van der Waals surface area contributed by atoms with Crippen molar-refractivity contribution in [2.75, 3.05) is 17.3 Å². The lowest BCUT2D eigenvalue weighted by Gasteiger charge is -2.32. The predicted octanol–water partition coefficient (Wildman–Crippen LogP) is 0.916. The molecular formula is C12H13ClN2O2. The van der Waals surface area contributed by atoms with E-state index in [1.807, 2.05) is 24.3 Å². The molecule has 1 aliphatic heterocycles. The molecule has 0 aromatic heterocycles. The fourth-order valence-electron chi connectivity index (χ4n) is 2.09. The number of nitrogens with two attached hydrogens (primary N) is 1. The molecule has 1 aromatic carbocycles. The van der Waals surface area contributed by atoms with E-state index < -0.39 is 0 Å². The summed E-state index contributed by atoms with van der Waals surface area (Å²) in [6.07, 6.45) is 0.581. The Morgan fingerprint density at radius 3 is 2.76 bits per heavy atom. The van der Waals surface area contributed by atoms with Crippen molar-refractivity contribution in [3.63, 3.8) is 0 Å². The van der Waals surface area contributed by atoms with Crippen LogP contribution in [0.2, 0.25) is 0 Å². The van der Waals surface area contributed by atoms with Crippen LogP contribution in [0.3, 0.4) is 0 Å². The molecule has 5 heteroatoms. The third-order valence-electron chi connectivity index (χ3n) is 2.97. The number of benzene rings is 1. The van der Waals surface area contributed by atoms with Gasteiger partial charge in [-0.2, -0.15) is 0 Å². The third kappa shape index (κ3) is 2.26. The molecule has 17 heavy (non-hydrogen) atoms. The molecule has 2 rings (SSSR count). The Hall–Kier alpha value is -1.55. The molecule has 0 aliphatic carbocycles. The largest absolute Gasteiger partial charge is 0.369 e. The Kier molecular flexibility index (Phi) is 3.33. The molecule has 1 aromatic rings. The molecule has 0 radical (unpaired) electrons. The smallest absolute Gasteiger partial charge is 0.241 e. The Labute approximate surface area is 104 Å². The topological polar surface area (TPSA) is 63.4 Å². The van der Waals surface area contributed by atoms with Gasteiger partial charge in [0.25, 0.3) is 0 Å². The van der Waals surface area contributed by atoms with Crippen LogP contribution in [0.25, 0.3) is 0 Å². The van der Waals surface area contributed by atoms with Gasteiger partial charge in [0.15, 0.2) is 0 Å². The summed E-state index contributed by atoms with van der Waals surface area (Å²) in [6.45, 7) is 0.317. The SMILES string of the molecule is NC(=O)C1Cc2ccccc2N(C(=O)CCl)C1. The number of carbonyl (C=O) groups is 2. The zero-order valence-corrected chi connectivity index (χ0v) is 9.98. The highest BCUT2D eigenvalue weighted by Crippen LogP contribution is 2.29. The van der Waals surface area contributed by atoms with Gasteiger partial charge in [-0.15, -0.1) is 11.6 Å². The van der Waals surface area contributed by atoms with Crippen LogP contribution >= 0.6 is 11.6 Å². The van der Waals surface area contributed by atoms with E-state index in [9.17, 15) is 9.59 Å². The van der Waals surface area contributed by atoms with Crippen molar-refractivity contribution in [2.45, 2.75) is 6.42 Å². The molecule has 2 amide bonds. The number of carbonyl (C=O) groups excluding carboxylic acids is 2. The van der Waals surface area contributed by atoms with Crippen LogP contribution in [0.15, 0.2) is 24.3 Å². The number of alkyl halides is 1. The maximum atomic E-state index is 11.7. The number of nitrogens with zero attached hydrogens (tertiary/aromatic N) is 1. The summed E-state index contributed by atoms with van der Waals surface area (Å²) in [5, 5.41) is 0. The first-order chi connectivity index (χ1) is 8.13. The minimum Gasteiger partial charge on any atom is -0.369 e. The summed E-state index contributed by atoms with van der Waals surface area (Å²) < 4.78 is 0. The number of rotatable bonds is 2. The highest BCUT2D eigenvalue weighted by atomic mass is 35.5. The highest BCUT2D eigenvalue weighted by Gasteiger charge is 2.30. The van der Waals surface area contributed by atoms with Crippen LogP contribution in [0, 0.1) is 5.92 Å². The Bertz CT molecular complexity index is 462. The van der Waals surface area contributed by atoms with Gasteiger partial charge in [-0.1, -0.05) is 18.2 Å². The van der Waals surface area contributed by atoms with E-state index in [4.69, 9.17) is 17.3 Å². The van der Waals surface area contributed by atoms with Crippen molar-refractivity contribution in [1.29, 1.82) is 0 Å². The van der Waals surface area contributed by atoms with Crippen LogP contribution in [0.4, 0.5) is 5.69 Å². The van der Waals surface area contributed by atoms with Gasteiger partial charge in [0.05, 0.1) is 5.92 Å². The second kappa shape index (κ2) is 4.75. The maximum Gasteiger partial charge on any atom is 0.241 e. The minimum absolute atomic E-state index is 0.0974. The average Bonchev–Trinajstić information content (AvgIpc) is 2.36. The fourth-order valence-corrected chi connectivity index (χ4v) is 2.24. The molecule has 1 unspecified atom stereocenters. The Morgan fingerprint density at radius 2 is 2.12 bits per heavy atom. The molecular weight excluding hydrogens is 240 g/mol. The number of hydrogen-bond acceptors (Lipinski definition) is 2. The fraction of sp³-hybridized carbons (Fsp3) is 0.333. The second-order valence-electron chi connectivity index (χ2n) is 4.07. The lowest BCUT2D eigenvalue weighted by atomic mass is 9.92. The van der Waals surface area contributed by atoms with E-state index in [0.29, 0.717) is 13.0 Å². The monoisotopic (exact) mass is 252 g/mol. The summed E-state index contributed by atoms with van der Waals surface area (Å²) in [6, 6.07) is 7.50. The zero-order chi connectivity index (χ0) is 12.4. The number of anilines is 1. The number of fused-ring (bicyclic) bond motifs is 1. The molecule has 0 fully saturated rings. The van der Waals surface area contributed by atoms with Crippen LogP contribution in [-0.4, -0.2) is 24.2 Å². The molecule has 1 heterocycles. The van der Waals surface area contributed by atoms with Gasteiger partial charge < -0.3 is 10.6 Å². The molecule has 0 bridgehead atoms. The van der Waals surface area contributed by atoms with Crippen LogP contribution in [0.1, 0.15) is 5.56 Å². The van der Waals surface area contributed by atoms with Crippen LogP contribution in [0.5, 0.6) is 0 Å². The molecule has 0 saturated carbocycles. The molecule has 90 valence electrons. The van der Waals surface area contributed by atoms with E-state index in [0.717, 1.165) is 11.3 Å². The molecule has 4 nitrogen and oxygen atoms in total. The molecule has 0 saturated heterocycles. The first kappa shape index (κ1) is 11.9. The Morgan fingerprint density at radius 1 is 1.41 bits per heavy atom. The van der Waals surface area contributed by atoms with Crippen molar-refractivity contribution in [3.8, 4) is 0 Å². The number of halogens is 1. The summed E-state index contributed by atoms with van der Waals surface area (Å²) in [5.74, 6) is -1.02. The molecule has 2 N–H and O–H groups in total. The summed E-state index contributed by atoms with van der Waals surface area (Å²) >= 11 is 5.57. The van der Waals surface area contributed by atoms with Gasteiger partial charge in [-0.3, -0.25) is 9.59 Å². The van der Waals surface area contributed by atoms with Gasteiger partial charge in [0, 0.05) is 12.2 Å². The lowest BCUT2D eigenvalue weighted by molar-refractivity contribution is -0.122. The molecule has 1 atom stereocenters. The number of amides is 2. The van der Waals surface area contributed by atoms with Crippen LogP contribution < -0.4 is 10.6 Å². The van der Waals surface area contributed by atoms with Gasteiger partial charge in [0.1, 0.15) is 5.88 Å². The average molecular weight is 253 g/mol. The normalized spacial score (nSPS) is 18.6. The minimum atomic E-state index is -0.383. The van der Waals surface area contributed by atoms with Gasteiger partial charge in [-0.25, -0.2) is 0 Å². The van der Waals surface area contributed by atoms with Crippen molar-refractivity contribution in [2.24, 2.45) is 11.7 Å². The van der Waals surface area contributed by atoms with E-state index in [1.54, 1.807) is 4.90 Å². The van der Waals surface area contributed by atoms with E-state index in [-0.39, 0.29) is 23.6 Å². The first-order valence-electron chi connectivity index (χ1n) is 5.37.